The summed E-state index contributed by atoms with van der Waals surface area (Å²) in [5, 5.41) is 19.9. The van der Waals surface area contributed by atoms with E-state index in [0.29, 0.717) is 43.1 Å². The number of benzene rings is 2. The number of hydrogen-bond donors (Lipinski definition) is 1. The van der Waals surface area contributed by atoms with Crippen LogP contribution in [0.4, 0.5) is 19.6 Å². The van der Waals surface area contributed by atoms with Crippen molar-refractivity contribution in [2.24, 2.45) is 5.92 Å². The second-order valence-corrected chi connectivity index (χ2v) is 14.5. The number of anilines is 2. The van der Waals surface area contributed by atoms with Gasteiger partial charge in [0.2, 0.25) is 0 Å². The Morgan fingerprint density at radius 1 is 1.28 bits per heavy atom. The van der Waals surface area contributed by atoms with Crippen LogP contribution in [0.15, 0.2) is 23.8 Å². The molecule has 0 spiro atoms. The summed E-state index contributed by atoms with van der Waals surface area (Å²) in [5.74, 6) is -0.191. The second kappa shape index (κ2) is 11.2. The Hall–Kier alpha value is -4.23. The number of nitrogen functional groups attached to an aromatic ring is 1. The molecule has 13 heteroatoms. The highest BCUT2D eigenvalue weighted by Crippen LogP contribution is 2.52. The maximum absolute atomic E-state index is 17.2. The first-order valence-corrected chi connectivity index (χ1v) is 16.9. The number of nitrogens with zero attached hydrogens (tertiary/aromatic N) is 6. The summed E-state index contributed by atoms with van der Waals surface area (Å²) >= 11 is 7.98. The lowest BCUT2D eigenvalue weighted by molar-refractivity contribution is 0.107. The van der Waals surface area contributed by atoms with Crippen LogP contribution in [0.5, 0.6) is 11.8 Å². The predicted molar refractivity (Wildman–Crippen MR) is 177 cm³/mol. The number of nitriles is 2. The molecule has 4 aromatic rings. The van der Waals surface area contributed by atoms with Gasteiger partial charge in [-0.1, -0.05) is 24.6 Å². The molecule has 240 valence electrons. The maximum Gasteiger partial charge on any atom is 0.319 e. The van der Waals surface area contributed by atoms with Crippen molar-refractivity contribution in [1.82, 2.24) is 14.9 Å². The summed E-state index contributed by atoms with van der Waals surface area (Å²) in [6.45, 7) is 5.28. The van der Waals surface area contributed by atoms with Gasteiger partial charge in [0, 0.05) is 30.1 Å². The van der Waals surface area contributed by atoms with Crippen LogP contribution in [-0.4, -0.2) is 59.3 Å². The normalized spacial score (nSPS) is 24.6. The van der Waals surface area contributed by atoms with E-state index < -0.39 is 11.6 Å². The van der Waals surface area contributed by atoms with Crippen molar-refractivity contribution in [2.45, 2.75) is 50.6 Å². The molecule has 2 aromatic heterocycles. The van der Waals surface area contributed by atoms with Crippen molar-refractivity contribution in [3.8, 4) is 35.0 Å². The van der Waals surface area contributed by atoms with Crippen LogP contribution < -0.4 is 20.1 Å². The number of allylic oxidation sites excluding steroid dienone is 1. The fraction of sp³-hybridized carbons (Fsp3) is 0.412. The van der Waals surface area contributed by atoms with Crippen LogP contribution in [-0.2, 0) is 0 Å². The molecule has 1 unspecified atom stereocenters. The zero-order valence-electron chi connectivity index (χ0n) is 25.6. The highest BCUT2D eigenvalue weighted by molar-refractivity contribution is 7.23. The van der Waals surface area contributed by atoms with E-state index in [-0.39, 0.29) is 72.3 Å². The Morgan fingerprint density at radius 2 is 2.13 bits per heavy atom. The summed E-state index contributed by atoms with van der Waals surface area (Å²) < 4.78 is 45.1. The quantitative estimate of drug-likeness (QED) is 0.229. The van der Waals surface area contributed by atoms with Crippen LogP contribution in [0, 0.1) is 40.2 Å². The molecule has 8 rings (SSSR count). The first kappa shape index (κ1) is 30.1. The Kier molecular flexibility index (Phi) is 7.17. The minimum absolute atomic E-state index is 0.0326. The van der Waals surface area contributed by atoms with Gasteiger partial charge in [-0.2, -0.15) is 20.5 Å². The molecular weight excluding hydrogens is 644 g/mol. The topological polar surface area (TPSA) is 124 Å². The molecule has 0 saturated carbocycles. The van der Waals surface area contributed by atoms with Gasteiger partial charge in [-0.25, -0.2) is 8.78 Å². The maximum atomic E-state index is 17.2. The Bertz CT molecular complexity index is 2110. The van der Waals surface area contributed by atoms with Crippen molar-refractivity contribution < 1.29 is 18.3 Å². The number of thiophene rings is 1. The first-order chi connectivity index (χ1) is 22.7. The number of nitrogens with two attached hydrogens (primary N) is 1. The van der Waals surface area contributed by atoms with Gasteiger partial charge in [-0.15, -0.1) is 11.3 Å². The van der Waals surface area contributed by atoms with E-state index in [1.54, 1.807) is 6.08 Å². The molecule has 2 N–H and O–H groups in total. The van der Waals surface area contributed by atoms with Crippen molar-refractivity contribution in [3.05, 3.63) is 46.0 Å². The minimum atomic E-state index is -0.772. The van der Waals surface area contributed by atoms with Crippen molar-refractivity contribution >= 4 is 54.7 Å². The highest BCUT2D eigenvalue weighted by atomic mass is 35.5. The van der Waals surface area contributed by atoms with Crippen LogP contribution in [0.2, 0.25) is 5.02 Å². The average Bonchev–Trinajstić information content (AvgIpc) is 3.66. The molecule has 3 atom stereocenters. The van der Waals surface area contributed by atoms with Gasteiger partial charge >= 0.3 is 6.01 Å². The van der Waals surface area contributed by atoms with Crippen LogP contribution >= 0.6 is 22.9 Å². The van der Waals surface area contributed by atoms with Crippen LogP contribution in [0.3, 0.4) is 0 Å². The van der Waals surface area contributed by atoms with Gasteiger partial charge in [-0.05, 0) is 61.8 Å². The third kappa shape index (κ3) is 4.61. The van der Waals surface area contributed by atoms with Crippen molar-refractivity contribution in [2.75, 3.05) is 43.5 Å². The molecule has 9 nitrogen and oxygen atoms in total. The fourth-order valence-electron chi connectivity index (χ4n) is 8.15. The van der Waals surface area contributed by atoms with Gasteiger partial charge < -0.3 is 20.1 Å². The molecule has 6 heterocycles. The lowest BCUT2D eigenvalue weighted by Gasteiger charge is -2.36. The highest BCUT2D eigenvalue weighted by Gasteiger charge is 2.48. The predicted octanol–water partition coefficient (Wildman–Crippen LogP) is 6.96. The molecule has 3 fully saturated rings. The van der Waals surface area contributed by atoms with E-state index in [1.807, 2.05) is 11.0 Å². The summed E-state index contributed by atoms with van der Waals surface area (Å²) in [5.41, 5.74) is 7.05. The molecule has 0 radical (unpaired) electrons. The van der Waals surface area contributed by atoms with Gasteiger partial charge in [0.25, 0.3) is 0 Å². The van der Waals surface area contributed by atoms with E-state index >= 15 is 4.39 Å². The number of piperidine rings is 1. The van der Waals surface area contributed by atoms with Crippen LogP contribution in [0.25, 0.3) is 32.1 Å². The Labute approximate surface area is 278 Å². The standard InChI is InChI=1S/C34H30ClF2N7O2S/c1-17-11-34(8-2-10-43(34)13-17)16-46-33-41-28-25-29(45-15-19-4-3-18(7-9-38)14-44(19)32(25)42-33)26(35)24(27(28)37)20-5-6-22(36)30-23(20)21(12-39)31(40)47-30/h5-7,17,19H,2-4,8,10-11,13-16,40H2,1H3/b18-7+/t17-,19?,34+/m1/s1. The minimum Gasteiger partial charge on any atom is -0.489 e. The smallest absolute Gasteiger partial charge is 0.319 e. The number of rotatable bonds is 4. The number of fused-ring (bicyclic) bond motifs is 4. The zero-order chi connectivity index (χ0) is 32.6. The third-order valence-corrected chi connectivity index (χ3v) is 11.6. The van der Waals surface area contributed by atoms with Crippen molar-refractivity contribution in [3.63, 3.8) is 0 Å². The van der Waals surface area contributed by atoms with Gasteiger partial charge in [0.05, 0.1) is 38.3 Å². The second-order valence-electron chi connectivity index (χ2n) is 13.1. The van der Waals surface area contributed by atoms with Crippen molar-refractivity contribution in [1.29, 1.82) is 10.5 Å². The molecule has 4 aliphatic rings. The average molecular weight is 674 g/mol. The Morgan fingerprint density at radius 3 is 2.94 bits per heavy atom. The van der Waals surface area contributed by atoms with Gasteiger partial charge in [0.1, 0.15) is 41.4 Å². The molecule has 4 aliphatic heterocycles. The van der Waals surface area contributed by atoms with Gasteiger partial charge in [-0.3, -0.25) is 4.90 Å². The molecule has 0 bridgehead atoms. The molecular formula is C34H30ClF2N7O2S. The summed E-state index contributed by atoms with van der Waals surface area (Å²) in [7, 11) is 0. The molecule has 0 aliphatic carbocycles. The van der Waals surface area contributed by atoms with E-state index in [1.165, 1.54) is 12.1 Å². The number of ether oxygens (including phenoxy) is 2. The molecule has 2 aromatic carbocycles. The lowest BCUT2D eigenvalue weighted by Crippen LogP contribution is -2.44. The van der Waals surface area contributed by atoms with E-state index in [0.717, 1.165) is 49.3 Å². The lowest BCUT2D eigenvalue weighted by atomic mass is 9.92. The largest absolute Gasteiger partial charge is 0.489 e. The summed E-state index contributed by atoms with van der Waals surface area (Å²) in [4.78, 5) is 14.1. The zero-order valence-corrected chi connectivity index (χ0v) is 27.1. The van der Waals surface area contributed by atoms with E-state index in [9.17, 15) is 14.9 Å². The monoisotopic (exact) mass is 673 g/mol. The van der Waals surface area contributed by atoms with Gasteiger partial charge in [0.15, 0.2) is 11.6 Å². The summed E-state index contributed by atoms with van der Waals surface area (Å²) in [6.07, 6.45) is 6.03. The number of hydrogen-bond acceptors (Lipinski definition) is 10. The van der Waals surface area contributed by atoms with Crippen LogP contribution in [0.1, 0.15) is 44.6 Å². The number of aromatic nitrogens is 2. The van der Waals surface area contributed by atoms with E-state index in [2.05, 4.69) is 22.9 Å². The SMILES string of the molecule is C[C@H]1CN2CCC[C@@]2(COc2nc3c4c(c(Cl)c(-c5ccc(F)c6sc(N)c(C#N)c56)c(F)c4n2)OCC2CC/C(=C\C#N)CN32)C1. The molecule has 0 amide bonds. The molecule has 47 heavy (non-hydrogen) atoms. The Balaban J connectivity index is 1.35. The molecule has 3 saturated heterocycles. The first-order valence-electron chi connectivity index (χ1n) is 15.7. The third-order valence-electron chi connectivity index (χ3n) is 10.2. The fourth-order valence-corrected chi connectivity index (χ4v) is 9.44. The number of halogens is 3. The summed E-state index contributed by atoms with van der Waals surface area (Å²) in [6, 6.07) is 6.70. The van der Waals surface area contributed by atoms with E-state index in [4.69, 9.17) is 31.8 Å².